The number of hydrogen-bond acceptors (Lipinski definition) is 3. The van der Waals surface area contributed by atoms with Crippen LogP contribution in [0.3, 0.4) is 0 Å². The molecule has 0 unspecified atom stereocenters. The molecule has 3 heteroatoms. The Bertz CT molecular complexity index is 2140. The van der Waals surface area contributed by atoms with Gasteiger partial charge in [0.05, 0.1) is 11.4 Å². The lowest BCUT2D eigenvalue weighted by atomic mass is 9.95. The highest BCUT2D eigenvalue weighted by Crippen LogP contribution is 2.43. The summed E-state index contributed by atoms with van der Waals surface area (Å²) in [5, 5.41) is 4.86. The van der Waals surface area contributed by atoms with Crippen LogP contribution in [0, 0.1) is 0 Å². The molecule has 0 saturated heterocycles. The molecule has 3 aromatic heterocycles. The molecule has 0 radical (unpaired) electrons. The summed E-state index contributed by atoms with van der Waals surface area (Å²) in [6.45, 7) is 0. The monoisotopic (exact) mass is 503 g/mol. The van der Waals surface area contributed by atoms with E-state index < -0.39 is 0 Å². The number of nitrogens with zero attached hydrogens (tertiary/aromatic N) is 1. The fourth-order valence-electron chi connectivity index (χ4n) is 5.49. The third kappa shape index (κ3) is 3.37. The van der Waals surface area contributed by atoms with E-state index >= 15 is 0 Å². The molecular formula is C35H21NOS. The van der Waals surface area contributed by atoms with Gasteiger partial charge in [0, 0.05) is 42.1 Å². The van der Waals surface area contributed by atoms with E-state index in [-0.39, 0.29) is 0 Å². The third-order valence-corrected chi connectivity index (χ3v) is 8.40. The van der Waals surface area contributed by atoms with Crippen molar-refractivity contribution in [3.05, 3.63) is 127 Å². The molecule has 3 heterocycles. The van der Waals surface area contributed by atoms with Crippen molar-refractivity contribution >= 4 is 53.4 Å². The van der Waals surface area contributed by atoms with Crippen molar-refractivity contribution < 1.29 is 4.42 Å². The molecule has 178 valence electrons. The van der Waals surface area contributed by atoms with Crippen LogP contribution in [0.5, 0.6) is 0 Å². The minimum Gasteiger partial charge on any atom is -0.456 e. The van der Waals surface area contributed by atoms with E-state index in [2.05, 4.69) is 109 Å². The Morgan fingerprint density at radius 3 is 2.11 bits per heavy atom. The first-order valence-corrected chi connectivity index (χ1v) is 13.5. The molecule has 0 bridgehead atoms. The van der Waals surface area contributed by atoms with Gasteiger partial charge in [-0.1, -0.05) is 78.9 Å². The average Bonchev–Trinajstić information content (AvgIpc) is 3.55. The average molecular weight is 504 g/mol. The van der Waals surface area contributed by atoms with E-state index in [1.165, 1.54) is 31.3 Å². The van der Waals surface area contributed by atoms with E-state index in [1.807, 2.05) is 29.5 Å². The third-order valence-electron chi connectivity index (χ3n) is 7.28. The molecule has 0 aliphatic rings. The molecule has 8 aromatic rings. The SMILES string of the molecule is c1ccc(-c2cccc(-c3cc(-c4ccc5oc6ccccc6c5c4)c4c(c3)sc3ccccc34)n2)cc1. The number of fused-ring (bicyclic) bond motifs is 6. The van der Waals surface area contributed by atoms with Gasteiger partial charge in [-0.25, -0.2) is 4.98 Å². The van der Waals surface area contributed by atoms with E-state index in [0.717, 1.165) is 44.5 Å². The fourth-order valence-corrected chi connectivity index (χ4v) is 6.66. The molecule has 0 saturated carbocycles. The summed E-state index contributed by atoms with van der Waals surface area (Å²) in [6, 6.07) is 44.8. The molecule has 0 amide bonds. The number of hydrogen-bond donors (Lipinski definition) is 0. The van der Waals surface area contributed by atoms with Crippen molar-refractivity contribution in [1.82, 2.24) is 4.98 Å². The lowest BCUT2D eigenvalue weighted by Gasteiger charge is -2.10. The zero-order valence-electron chi connectivity index (χ0n) is 20.4. The number of pyridine rings is 1. The Balaban J connectivity index is 1.40. The number of para-hydroxylation sites is 1. The summed E-state index contributed by atoms with van der Waals surface area (Å²) in [7, 11) is 0. The standard InChI is InChI=1S/C35H21NOS/c1-2-9-22(10-3-1)29-13-8-14-30(36-29)24-20-27(35-26-12-5-7-16-33(26)38-34(35)21-24)23-17-18-32-28(19-23)25-11-4-6-15-31(25)37-32/h1-21H. The topological polar surface area (TPSA) is 26.0 Å². The highest BCUT2D eigenvalue weighted by atomic mass is 32.1. The van der Waals surface area contributed by atoms with Crippen molar-refractivity contribution in [2.75, 3.05) is 0 Å². The maximum absolute atomic E-state index is 6.13. The van der Waals surface area contributed by atoms with E-state index in [0.29, 0.717) is 0 Å². The van der Waals surface area contributed by atoms with Crippen LogP contribution in [0.2, 0.25) is 0 Å². The summed E-state index contributed by atoms with van der Waals surface area (Å²) in [4.78, 5) is 5.08. The van der Waals surface area contributed by atoms with Gasteiger partial charge in [0.15, 0.2) is 0 Å². The van der Waals surface area contributed by atoms with Crippen LogP contribution in [0.1, 0.15) is 0 Å². The van der Waals surface area contributed by atoms with Crippen LogP contribution < -0.4 is 0 Å². The van der Waals surface area contributed by atoms with Gasteiger partial charge in [-0.3, -0.25) is 0 Å². The molecular weight excluding hydrogens is 482 g/mol. The van der Waals surface area contributed by atoms with Gasteiger partial charge >= 0.3 is 0 Å². The minimum atomic E-state index is 0.912. The number of aromatic nitrogens is 1. The van der Waals surface area contributed by atoms with Crippen molar-refractivity contribution in [2.45, 2.75) is 0 Å². The van der Waals surface area contributed by atoms with Crippen LogP contribution >= 0.6 is 11.3 Å². The number of furan rings is 1. The Morgan fingerprint density at radius 1 is 0.474 bits per heavy atom. The Kier molecular flexibility index (Phi) is 4.73. The molecule has 0 spiro atoms. The molecule has 38 heavy (non-hydrogen) atoms. The fraction of sp³-hybridized carbons (Fsp3) is 0. The zero-order valence-corrected chi connectivity index (χ0v) is 21.2. The number of thiophene rings is 1. The summed E-state index contributed by atoms with van der Waals surface area (Å²) in [5.41, 5.74) is 8.42. The van der Waals surface area contributed by atoms with Gasteiger partial charge in [0.2, 0.25) is 0 Å². The first kappa shape index (κ1) is 21.4. The molecule has 8 rings (SSSR count). The van der Waals surface area contributed by atoms with Gasteiger partial charge < -0.3 is 4.42 Å². The van der Waals surface area contributed by atoms with Gasteiger partial charge in [-0.05, 0) is 59.7 Å². The van der Waals surface area contributed by atoms with Crippen molar-refractivity contribution in [3.8, 4) is 33.6 Å². The number of benzene rings is 5. The summed E-state index contributed by atoms with van der Waals surface area (Å²) >= 11 is 1.84. The Hall–Kier alpha value is -4.73. The van der Waals surface area contributed by atoms with Gasteiger partial charge in [0.25, 0.3) is 0 Å². The van der Waals surface area contributed by atoms with Gasteiger partial charge in [0.1, 0.15) is 11.2 Å². The first-order chi connectivity index (χ1) is 18.8. The molecule has 0 atom stereocenters. The molecule has 0 aliphatic heterocycles. The molecule has 2 nitrogen and oxygen atoms in total. The van der Waals surface area contributed by atoms with Gasteiger partial charge in [-0.15, -0.1) is 11.3 Å². The largest absolute Gasteiger partial charge is 0.456 e. The second-order valence-electron chi connectivity index (χ2n) is 9.58. The Labute approximate surface area is 223 Å². The van der Waals surface area contributed by atoms with Crippen LogP contribution in [0.15, 0.2) is 132 Å². The molecule has 0 N–H and O–H groups in total. The van der Waals surface area contributed by atoms with E-state index in [9.17, 15) is 0 Å². The minimum absolute atomic E-state index is 0.912. The van der Waals surface area contributed by atoms with E-state index in [1.54, 1.807) is 0 Å². The molecule has 5 aromatic carbocycles. The summed E-state index contributed by atoms with van der Waals surface area (Å²) in [5.74, 6) is 0. The second kappa shape index (κ2) is 8.41. The Morgan fingerprint density at radius 2 is 1.21 bits per heavy atom. The van der Waals surface area contributed by atoms with Crippen LogP contribution in [0.4, 0.5) is 0 Å². The smallest absolute Gasteiger partial charge is 0.135 e. The van der Waals surface area contributed by atoms with Crippen LogP contribution in [-0.2, 0) is 0 Å². The van der Waals surface area contributed by atoms with E-state index in [4.69, 9.17) is 9.40 Å². The summed E-state index contributed by atoms with van der Waals surface area (Å²) in [6.07, 6.45) is 0. The molecule has 0 fully saturated rings. The summed E-state index contributed by atoms with van der Waals surface area (Å²) < 4.78 is 8.69. The lowest BCUT2D eigenvalue weighted by molar-refractivity contribution is 0.669. The maximum Gasteiger partial charge on any atom is 0.135 e. The first-order valence-electron chi connectivity index (χ1n) is 12.7. The normalized spacial score (nSPS) is 11.7. The lowest BCUT2D eigenvalue weighted by Crippen LogP contribution is -1.89. The zero-order chi connectivity index (χ0) is 25.1. The highest BCUT2D eigenvalue weighted by Gasteiger charge is 2.16. The highest BCUT2D eigenvalue weighted by molar-refractivity contribution is 7.26. The maximum atomic E-state index is 6.13. The number of rotatable bonds is 3. The van der Waals surface area contributed by atoms with Crippen LogP contribution in [0.25, 0.3) is 75.8 Å². The van der Waals surface area contributed by atoms with Crippen molar-refractivity contribution in [2.24, 2.45) is 0 Å². The van der Waals surface area contributed by atoms with Gasteiger partial charge in [-0.2, -0.15) is 0 Å². The second-order valence-corrected chi connectivity index (χ2v) is 10.7. The molecule has 0 aliphatic carbocycles. The predicted molar refractivity (Wildman–Crippen MR) is 161 cm³/mol. The van der Waals surface area contributed by atoms with Crippen molar-refractivity contribution in [3.63, 3.8) is 0 Å². The predicted octanol–water partition coefficient (Wildman–Crippen LogP) is 10.3. The quantitative estimate of drug-likeness (QED) is 0.240. The van der Waals surface area contributed by atoms with Crippen LogP contribution in [-0.4, -0.2) is 4.98 Å². The van der Waals surface area contributed by atoms with Crippen molar-refractivity contribution in [1.29, 1.82) is 0 Å².